The lowest BCUT2D eigenvalue weighted by molar-refractivity contribution is -0.870. The van der Waals surface area contributed by atoms with E-state index in [-0.39, 0.29) is 32.0 Å². The van der Waals surface area contributed by atoms with Gasteiger partial charge in [0.25, 0.3) is 0 Å². The van der Waals surface area contributed by atoms with Crippen molar-refractivity contribution in [2.24, 2.45) is 0 Å². The van der Waals surface area contributed by atoms with Crippen molar-refractivity contribution in [1.29, 1.82) is 0 Å². The van der Waals surface area contributed by atoms with E-state index in [0.717, 1.165) is 51.4 Å². The molecule has 4 rings (SSSR count). The van der Waals surface area contributed by atoms with Gasteiger partial charge in [-0.3, -0.25) is 18.6 Å². The molecule has 0 saturated heterocycles. The molecule has 0 aliphatic heterocycles. The van der Waals surface area contributed by atoms with Crippen LogP contribution in [0.5, 0.6) is 0 Å². The third kappa shape index (κ3) is 30.1. The molecule has 0 heterocycles. The number of nitrogens with zero attached hydrogens (tertiary/aromatic N) is 1. The zero-order valence-corrected chi connectivity index (χ0v) is 51.4. The minimum absolute atomic E-state index is 0.0263. The van der Waals surface area contributed by atoms with Crippen molar-refractivity contribution >= 4 is 52.1 Å². The topological polar surface area (TPSA) is 108 Å². The highest BCUT2D eigenvalue weighted by atomic mass is 31.2. The fraction of sp³-hybridized carbons (Fsp3) is 0.735. The zero-order chi connectivity index (χ0) is 55.9. The van der Waals surface area contributed by atoms with Crippen molar-refractivity contribution < 1.29 is 42.1 Å². The van der Waals surface area contributed by atoms with Crippen LogP contribution >= 0.6 is 7.82 Å². The van der Waals surface area contributed by atoms with Crippen LogP contribution < -0.4 is 0 Å². The SMILES string of the molecule is CCCCCCCCCCCCCCCCCCc1cc2ccc3ccc(CCCCCCCCCC(=O)OC[C@H](COP(=O)(O)OCC[N+](C)(C)C)OC(=O)CCCCCCCCCCCCCCC)c4ccc(c1)c2c34. The molecule has 1 unspecified atom stereocenters. The highest BCUT2D eigenvalue weighted by Gasteiger charge is 2.27. The van der Waals surface area contributed by atoms with E-state index >= 15 is 0 Å². The molecule has 0 amide bonds. The summed E-state index contributed by atoms with van der Waals surface area (Å²) in [7, 11) is 1.47. The number of carbonyl (C=O) groups is 2. The molecule has 0 radical (unpaired) electrons. The van der Waals surface area contributed by atoms with Crippen molar-refractivity contribution in [2.45, 2.75) is 277 Å². The van der Waals surface area contributed by atoms with Crippen LogP contribution in [0.3, 0.4) is 0 Å². The van der Waals surface area contributed by atoms with E-state index in [1.54, 1.807) is 0 Å². The van der Waals surface area contributed by atoms with Crippen molar-refractivity contribution in [1.82, 2.24) is 0 Å². The predicted octanol–water partition coefficient (Wildman–Crippen LogP) is 19.8. The van der Waals surface area contributed by atoms with Crippen LogP contribution in [0.1, 0.15) is 269 Å². The maximum Gasteiger partial charge on any atom is 0.472 e. The summed E-state index contributed by atoms with van der Waals surface area (Å²) in [5.41, 5.74) is 2.92. The third-order valence-corrected chi connectivity index (χ3v) is 17.0. The Balaban J connectivity index is 1.09. The van der Waals surface area contributed by atoms with Gasteiger partial charge in [0.2, 0.25) is 0 Å². The second-order valence-electron chi connectivity index (χ2n) is 24.3. The first-order chi connectivity index (χ1) is 37.9. The first kappa shape index (κ1) is 67.4. The molecule has 0 bridgehead atoms. The number of quaternary nitrogens is 1. The number of likely N-dealkylation sites (N-methyl/N-ethyl adjacent to an activating group) is 1. The third-order valence-electron chi connectivity index (χ3n) is 16.0. The van der Waals surface area contributed by atoms with Crippen molar-refractivity contribution in [3.05, 3.63) is 59.7 Å². The van der Waals surface area contributed by atoms with E-state index in [9.17, 15) is 19.0 Å². The molecule has 0 fully saturated rings. The zero-order valence-electron chi connectivity index (χ0n) is 50.5. The summed E-state index contributed by atoms with van der Waals surface area (Å²) in [5.74, 6) is -0.806. The van der Waals surface area contributed by atoms with Crippen LogP contribution in [0.15, 0.2) is 48.5 Å². The van der Waals surface area contributed by atoms with Crippen LogP contribution in [0.2, 0.25) is 0 Å². The fourth-order valence-corrected chi connectivity index (χ4v) is 11.9. The Labute approximate surface area is 476 Å². The number of phosphoric acid groups is 1. The molecule has 442 valence electrons. The number of unbranched alkanes of at least 4 members (excludes halogenated alkanes) is 33. The van der Waals surface area contributed by atoms with Gasteiger partial charge in [-0.25, -0.2) is 4.57 Å². The number of ether oxygens (including phenoxy) is 2. The Hall–Kier alpha value is -3.07. The lowest BCUT2D eigenvalue weighted by atomic mass is 9.89. The van der Waals surface area contributed by atoms with E-state index in [1.807, 2.05) is 21.1 Å². The fourth-order valence-electron chi connectivity index (χ4n) is 11.2. The number of aryl methyl sites for hydroxylation is 2. The summed E-state index contributed by atoms with van der Waals surface area (Å²) in [4.78, 5) is 36.0. The van der Waals surface area contributed by atoms with Crippen LogP contribution in [0, 0.1) is 0 Å². The van der Waals surface area contributed by atoms with Gasteiger partial charge in [-0.05, 0) is 82.0 Å². The lowest BCUT2D eigenvalue weighted by Crippen LogP contribution is -2.37. The van der Waals surface area contributed by atoms with Gasteiger partial charge in [-0.1, -0.05) is 268 Å². The molecular weight excluding hydrogens is 990 g/mol. The van der Waals surface area contributed by atoms with E-state index in [1.165, 1.54) is 223 Å². The van der Waals surface area contributed by atoms with Gasteiger partial charge in [0.1, 0.15) is 19.8 Å². The molecular formula is C68H113NO8P+. The molecule has 1 N–H and O–H groups in total. The molecule has 2 atom stereocenters. The molecule has 9 nitrogen and oxygen atoms in total. The first-order valence-electron chi connectivity index (χ1n) is 32.4. The molecule has 4 aromatic rings. The van der Waals surface area contributed by atoms with Gasteiger partial charge < -0.3 is 18.9 Å². The quantitative estimate of drug-likeness (QED) is 0.0153. The molecule has 0 spiro atoms. The van der Waals surface area contributed by atoms with Gasteiger partial charge in [-0.15, -0.1) is 0 Å². The van der Waals surface area contributed by atoms with Crippen molar-refractivity contribution in [3.63, 3.8) is 0 Å². The highest BCUT2D eigenvalue weighted by Crippen LogP contribution is 2.43. The van der Waals surface area contributed by atoms with Crippen molar-refractivity contribution in [3.8, 4) is 0 Å². The predicted molar refractivity (Wildman–Crippen MR) is 330 cm³/mol. The minimum Gasteiger partial charge on any atom is -0.462 e. The van der Waals surface area contributed by atoms with Gasteiger partial charge in [0.05, 0.1) is 27.7 Å². The normalized spacial score (nSPS) is 13.3. The summed E-state index contributed by atoms with van der Waals surface area (Å²) >= 11 is 0. The highest BCUT2D eigenvalue weighted by molar-refractivity contribution is 7.47. The Morgan fingerprint density at radius 1 is 0.474 bits per heavy atom. The molecule has 0 aromatic heterocycles. The van der Waals surface area contributed by atoms with Crippen LogP contribution in [0.25, 0.3) is 32.3 Å². The van der Waals surface area contributed by atoms with Gasteiger partial charge >= 0.3 is 19.8 Å². The second-order valence-corrected chi connectivity index (χ2v) is 25.8. The maximum absolute atomic E-state index is 12.9. The van der Waals surface area contributed by atoms with Gasteiger partial charge in [-0.2, -0.15) is 0 Å². The molecule has 10 heteroatoms. The minimum atomic E-state index is -4.40. The average molecular weight is 1100 g/mol. The van der Waals surface area contributed by atoms with E-state index in [2.05, 4.69) is 62.4 Å². The Morgan fingerprint density at radius 3 is 1.37 bits per heavy atom. The van der Waals surface area contributed by atoms with Crippen molar-refractivity contribution in [2.75, 3.05) is 47.5 Å². The number of hydrogen-bond donors (Lipinski definition) is 1. The van der Waals surface area contributed by atoms with Crippen LogP contribution in [0.4, 0.5) is 0 Å². The molecule has 0 aliphatic rings. The maximum atomic E-state index is 12.9. The second kappa shape index (κ2) is 41.0. The Bertz CT molecular complexity index is 2200. The largest absolute Gasteiger partial charge is 0.472 e. The van der Waals surface area contributed by atoms with Gasteiger partial charge in [0, 0.05) is 12.8 Å². The lowest BCUT2D eigenvalue weighted by Gasteiger charge is -2.24. The van der Waals surface area contributed by atoms with E-state index in [0.29, 0.717) is 23.9 Å². The number of benzene rings is 4. The van der Waals surface area contributed by atoms with Gasteiger partial charge in [0.15, 0.2) is 6.10 Å². The Morgan fingerprint density at radius 2 is 0.885 bits per heavy atom. The number of carbonyl (C=O) groups excluding carboxylic acids is 2. The smallest absolute Gasteiger partial charge is 0.462 e. The first-order valence-corrected chi connectivity index (χ1v) is 33.9. The Kier molecular flexibility index (Phi) is 35.4. The molecule has 0 aliphatic carbocycles. The summed E-state index contributed by atoms with van der Waals surface area (Å²) in [6.45, 7) is 4.43. The monoisotopic (exact) mass is 1100 g/mol. The van der Waals surface area contributed by atoms with E-state index in [4.69, 9.17) is 18.5 Å². The average Bonchev–Trinajstić information content (AvgIpc) is 3.50. The van der Waals surface area contributed by atoms with E-state index < -0.39 is 26.5 Å². The standard InChI is InChI=1S/C68H112NO8P/c1-6-8-10-12-14-16-18-20-21-22-24-25-27-30-34-38-42-58-54-61-49-48-60-47-46-59(64-51-50-62(55-58)67(61)68(60)64)43-39-35-31-29-33-36-40-44-65(70)74-56-63(57-76-78(72,73)75-53-52-69(3,4)5)77-66(71)45-41-37-32-28-26-23-19-17-15-13-11-9-7-2/h46-51,54-55,63H,6-45,52-53,56-57H2,1-5H3/p+1/t63-/m1/s1. The number of esters is 2. The number of phosphoric ester groups is 1. The van der Waals surface area contributed by atoms with Crippen LogP contribution in [-0.2, 0) is 45.5 Å². The summed E-state index contributed by atoms with van der Waals surface area (Å²) in [6, 6.07) is 19.0. The number of hydrogen-bond acceptors (Lipinski definition) is 7. The summed E-state index contributed by atoms with van der Waals surface area (Å²) in [6.07, 6.45) is 47.2. The molecule has 78 heavy (non-hydrogen) atoms. The molecule has 0 saturated carbocycles. The number of rotatable bonds is 51. The van der Waals surface area contributed by atoms with Crippen LogP contribution in [-0.4, -0.2) is 74.9 Å². The summed E-state index contributed by atoms with van der Waals surface area (Å²) in [5, 5.41) is 8.33. The molecule has 4 aromatic carbocycles. The summed E-state index contributed by atoms with van der Waals surface area (Å²) < 4.78 is 34.8.